The Kier molecular flexibility index (Phi) is 4.54. The first-order valence-corrected chi connectivity index (χ1v) is 6.53. The average molecular weight is 265 g/mol. The molecule has 0 bridgehead atoms. The number of carbonyl (C=O) groups is 1. The second-order valence-electron chi connectivity index (χ2n) is 4.44. The zero-order chi connectivity index (χ0) is 13.7. The quantitative estimate of drug-likeness (QED) is 0.764. The van der Waals surface area contributed by atoms with Crippen LogP contribution in [0.4, 0.5) is 5.95 Å². The topological polar surface area (TPSA) is 64.5 Å². The van der Waals surface area contributed by atoms with Gasteiger partial charge in [0.15, 0.2) is 0 Å². The fourth-order valence-corrected chi connectivity index (χ4v) is 2.23. The zero-order valence-electron chi connectivity index (χ0n) is 11.3. The molecule has 6 nitrogen and oxygen atoms in total. The molecule has 1 aromatic heterocycles. The van der Waals surface area contributed by atoms with Gasteiger partial charge in [0.25, 0.3) is 0 Å². The zero-order valence-corrected chi connectivity index (χ0v) is 11.3. The first-order chi connectivity index (χ1) is 9.24. The van der Waals surface area contributed by atoms with Crippen molar-refractivity contribution in [1.29, 1.82) is 0 Å². The van der Waals surface area contributed by atoms with E-state index in [0.29, 0.717) is 25.0 Å². The molecule has 1 atom stereocenters. The van der Waals surface area contributed by atoms with E-state index in [1.165, 1.54) is 7.11 Å². The highest BCUT2D eigenvalue weighted by atomic mass is 16.5. The fourth-order valence-electron chi connectivity index (χ4n) is 2.23. The molecular weight excluding hydrogens is 246 g/mol. The lowest BCUT2D eigenvalue weighted by atomic mass is 9.98. The molecule has 2 heterocycles. The van der Waals surface area contributed by atoms with Crippen LogP contribution in [-0.2, 0) is 9.53 Å². The Morgan fingerprint density at radius 1 is 1.58 bits per heavy atom. The van der Waals surface area contributed by atoms with E-state index >= 15 is 0 Å². The number of carbonyl (C=O) groups excluding carboxylic acids is 1. The van der Waals surface area contributed by atoms with Crippen molar-refractivity contribution in [2.75, 3.05) is 31.7 Å². The molecule has 6 heteroatoms. The summed E-state index contributed by atoms with van der Waals surface area (Å²) in [6.45, 7) is 3.93. The van der Waals surface area contributed by atoms with Crippen molar-refractivity contribution < 1.29 is 14.3 Å². The maximum absolute atomic E-state index is 11.6. The summed E-state index contributed by atoms with van der Waals surface area (Å²) < 4.78 is 10.2. The third kappa shape index (κ3) is 3.33. The van der Waals surface area contributed by atoms with Crippen LogP contribution in [0.5, 0.6) is 5.88 Å². The molecule has 0 spiro atoms. The van der Waals surface area contributed by atoms with Crippen molar-refractivity contribution >= 4 is 11.9 Å². The normalized spacial score (nSPS) is 19.1. The van der Waals surface area contributed by atoms with Crippen molar-refractivity contribution in [2.24, 2.45) is 5.92 Å². The summed E-state index contributed by atoms with van der Waals surface area (Å²) in [6, 6.07) is 1.73. The molecule has 19 heavy (non-hydrogen) atoms. The Bertz CT molecular complexity index is 439. The van der Waals surface area contributed by atoms with E-state index in [4.69, 9.17) is 9.47 Å². The second kappa shape index (κ2) is 6.36. The number of aromatic nitrogens is 2. The number of anilines is 1. The number of hydrogen-bond donors (Lipinski definition) is 0. The predicted molar refractivity (Wildman–Crippen MR) is 70.2 cm³/mol. The van der Waals surface area contributed by atoms with Crippen LogP contribution in [0.3, 0.4) is 0 Å². The van der Waals surface area contributed by atoms with Crippen LogP contribution in [0.15, 0.2) is 12.3 Å². The number of hydrogen-bond acceptors (Lipinski definition) is 6. The summed E-state index contributed by atoms with van der Waals surface area (Å²) in [5.74, 6) is 0.913. The number of methoxy groups -OCH3 is 1. The third-order valence-electron chi connectivity index (χ3n) is 3.15. The van der Waals surface area contributed by atoms with Gasteiger partial charge in [-0.25, -0.2) is 4.98 Å². The maximum Gasteiger partial charge on any atom is 0.310 e. The van der Waals surface area contributed by atoms with Crippen molar-refractivity contribution in [3.05, 3.63) is 12.3 Å². The molecule has 1 saturated heterocycles. The van der Waals surface area contributed by atoms with Gasteiger partial charge in [0.05, 0.1) is 19.6 Å². The van der Waals surface area contributed by atoms with Crippen LogP contribution in [0.2, 0.25) is 0 Å². The summed E-state index contributed by atoms with van der Waals surface area (Å²) >= 11 is 0. The Labute approximate surface area is 112 Å². The standard InChI is InChI=1S/C13H19N3O3/c1-3-19-11-6-7-14-13(15-11)16-8-4-5-10(9-16)12(17)18-2/h6-7,10H,3-5,8-9H2,1-2H3. The Morgan fingerprint density at radius 2 is 2.42 bits per heavy atom. The first-order valence-electron chi connectivity index (χ1n) is 6.53. The van der Waals surface area contributed by atoms with E-state index in [9.17, 15) is 4.79 Å². The molecule has 1 aliphatic heterocycles. The Hall–Kier alpha value is -1.85. The molecule has 0 aromatic carbocycles. The molecule has 104 valence electrons. The monoisotopic (exact) mass is 265 g/mol. The Balaban J connectivity index is 2.08. The minimum absolute atomic E-state index is 0.0990. The molecule has 0 saturated carbocycles. The van der Waals surface area contributed by atoms with Crippen LogP contribution in [0.1, 0.15) is 19.8 Å². The van der Waals surface area contributed by atoms with Gasteiger partial charge in [0, 0.05) is 25.4 Å². The van der Waals surface area contributed by atoms with E-state index in [-0.39, 0.29) is 11.9 Å². The molecule has 1 aromatic rings. The van der Waals surface area contributed by atoms with Crippen LogP contribution >= 0.6 is 0 Å². The molecule has 0 N–H and O–H groups in total. The van der Waals surface area contributed by atoms with E-state index in [2.05, 4.69) is 9.97 Å². The highest BCUT2D eigenvalue weighted by molar-refractivity contribution is 5.73. The Morgan fingerprint density at radius 3 is 3.16 bits per heavy atom. The molecule has 0 aliphatic carbocycles. The first kappa shape index (κ1) is 13.6. The highest BCUT2D eigenvalue weighted by Crippen LogP contribution is 2.22. The SMILES string of the molecule is CCOc1ccnc(N2CCCC(C(=O)OC)C2)n1. The molecule has 1 fully saturated rings. The second-order valence-corrected chi connectivity index (χ2v) is 4.44. The van der Waals surface area contributed by atoms with Gasteiger partial charge in [-0.15, -0.1) is 0 Å². The van der Waals surface area contributed by atoms with Crippen molar-refractivity contribution in [1.82, 2.24) is 9.97 Å². The lowest BCUT2D eigenvalue weighted by Crippen LogP contribution is -2.40. The largest absolute Gasteiger partial charge is 0.478 e. The summed E-state index contributed by atoms with van der Waals surface area (Å²) in [6.07, 6.45) is 3.46. The number of esters is 1. The lowest BCUT2D eigenvalue weighted by molar-refractivity contribution is -0.145. The van der Waals surface area contributed by atoms with Crippen LogP contribution in [-0.4, -0.2) is 42.7 Å². The molecule has 1 aliphatic rings. The van der Waals surface area contributed by atoms with Gasteiger partial charge in [-0.05, 0) is 19.8 Å². The average Bonchev–Trinajstić information content (AvgIpc) is 2.47. The van der Waals surface area contributed by atoms with Crippen molar-refractivity contribution in [3.63, 3.8) is 0 Å². The van der Waals surface area contributed by atoms with Gasteiger partial charge in [-0.1, -0.05) is 0 Å². The van der Waals surface area contributed by atoms with E-state index in [1.807, 2.05) is 11.8 Å². The van der Waals surface area contributed by atoms with Gasteiger partial charge in [0.1, 0.15) is 0 Å². The van der Waals surface area contributed by atoms with Gasteiger partial charge in [-0.2, -0.15) is 4.98 Å². The summed E-state index contributed by atoms with van der Waals surface area (Å²) in [5, 5.41) is 0. The number of nitrogens with zero attached hydrogens (tertiary/aromatic N) is 3. The van der Waals surface area contributed by atoms with Crippen LogP contribution in [0, 0.1) is 5.92 Å². The summed E-state index contributed by atoms with van der Waals surface area (Å²) in [5.41, 5.74) is 0. The molecule has 1 unspecified atom stereocenters. The fraction of sp³-hybridized carbons (Fsp3) is 0.615. The molecule has 0 amide bonds. The van der Waals surface area contributed by atoms with Crippen LogP contribution in [0.25, 0.3) is 0 Å². The number of piperidine rings is 1. The van der Waals surface area contributed by atoms with Gasteiger partial charge in [0.2, 0.25) is 11.8 Å². The third-order valence-corrected chi connectivity index (χ3v) is 3.15. The maximum atomic E-state index is 11.6. The predicted octanol–water partition coefficient (Wildman–Crippen LogP) is 1.26. The molecule has 2 rings (SSSR count). The van der Waals surface area contributed by atoms with E-state index < -0.39 is 0 Å². The molecular formula is C13H19N3O3. The number of rotatable bonds is 4. The smallest absolute Gasteiger partial charge is 0.310 e. The molecule has 0 radical (unpaired) electrons. The minimum atomic E-state index is -0.161. The van der Waals surface area contributed by atoms with E-state index in [0.717, 1.165) is 19.4 Å². The van der Waals surface area contributed by atoms with Gasteiger partial charge in [-0.3, -0.25) is 4.79 Å². The minimum Gasteiger partial charge on any atom is -0.478 e. The van der Waals surface area contributed by atoms with Crippen LogP contribution < -0.4 is 9.64 Å². The van der Waals surface area contributed by atoms with E-state index in [1.54, 1.807) is 12.3 Å². The lowest BCUT2D eigenvalue weighted by Gasteiger charge is -2.31. The number of ether oxygens (including phenoxy) is 2. The van der Waals surface area contributed by atoms with Gasteiger partial charge < -0.3 is 14.4 Å². The summed E-state index contributed by atoms with van der Waals surface area (Å²) in [4.78, 5) is 22.2. The van der Waals surface area contributed by atoms with Crippen molar-refractivity contribution in [2.45, 2.75) is 19.8 Å². The van der Waals surface area contributed by atoms with Crippen molar-refractivity contribution in [3.8, 4) is 5.88 Å². The highest BCUT2D eigenvalue weighted by Gasteiger charge is 2.27. The summed E-state index contributed by atoms with van der Waals surface area (Å²) in [7, 11) is 1.42. The van der Waals surface area contributed by atoms with Gasteiger partial charge >= 0.3 is 5.97 Å².